The molecule has 17 heavy (non-hydrogen) atoms. The smallest absolute Gasteiger partial charge is 0.106 e. The molecule has 0 saturated carbocycles. The molecule has 0 aliphatic carbocycles. The van der Waals surface area contributed by atoms with Crippen molar-refractivity contribution in [3.05, 3.63) is 53.7 Å². The molecule has 2 rings (SSSR count). The maximum absolute atomic E-state index is 10.3. The molecule has 4 heteroatoms. The zero-order valence-corrected chi connectivity index (χ0v) is 9.71. The molecule has 0 radical (unpaired) electrons. The van der Waals surface area contributed by atoms with E-state index in [2.05, 4.69) is 4.98 Å². The van der Waals surface area contributed by atoms with Crippen LogP contribution in [0.2, 0.25) is 0 Å². The Balaban J connectivity index is 2.28. The molecule has 2 aromatic heterocycles. The van der Waals surface area contributed by atoms with Gasteiger partial charge in [-0.05, 0) is 24.6 Å². The van der Waals surface area contributed by atoms with Crippen LogP contribution in [0.4, 0.5) is 0 Å². The van der Waals surface area contributed by atoms with Gasteiger partial charge >= 0.3 is 0 Å². The van der Waals surface area contributed by atoms with Crippen LogP contribution in [0.5, 0.6) is 0 Å². The number of aliphatic hydroxyl groups excluding tert-OH is 1. The van der Waals surface area contributed by atoms with Crippen molar-refractivity contribution in [3.63, 3.8) is 0 Å². The molecule has 2 atom stereocenters. The number of hydrogen-bond acceptors (Lipinski definition) is 4. The van der Waals surface area contributed by atoms with Crippen LogP contribution in [0.15, 0.2) is 41.3 Å². The first-order valence-corrected chi connectivity index (χ1v) is 5.56. The van der Waals surface area contributed by atoms with Crippen LogP contribution in [0.1, 0.15) is 28.9 Å². The van der Waals surface area contributed by atoms with E-state index >= 15 is 0 Å². The monoisotopic (exact) mass is 232 g/mol. The minimum Gasteiger partial charge on any atom is -0.469 e. The van der Waals surface area contributed by atoms with E-state index in [1.807, 2.05) is 19.1 Å². The van der Waals surface area contributed by atoms with Crippen LogP contribution in [0.25, 0.3) is 0 Å². The van der Waals surface area contributed by atoms with Gasteiger partial charge in [0.2, 0.25) is 0 Å². The van der Waals surface area contributed by atoms with Crippen molar-refractivity contribution in [2.24, 2.45) is 5.73 Å². The predicted molar refractivity (Wildman–Crippen MR) is 64.4 cm³/mol. The van der Waals surface area contributed by atoms with Gasteiger partial charge in [0, 0.05) is 30.4 Å². The van der Waals surface area contributed by atoms with Crippen molar-refractivity contribution >= 4 is 0 Å². The number of furan rings is 1. The molecule has 2 aromatic rings. The molecule has 2 heterocycles. The molecule has 2 unspecified atom stereocenters. The molecule has 90 valence electrons. The lowest BCUT2D eigenvalue weighted by molar-refractivity contribution is 0.145. The summed E-state index contributed by atoms with van der Waals surface area (Å²) in [6.07, 6.45) is 4.34. The average Bonchev–Trinajstić information content (AvgIpc) is 2.77. The maximum atomic E-state index is 10.3. The second-order valence-corrected chi connectivity index (χ2v) is 4.01. The Morgan fingerprint density at radius 2 is 2.29 bits per heavy atom. The molecule has 0 aliphatic heterocycles. The summed E-state index contributed by atoms with van der Waals surface area (Å²) in [4.78, 5) is 4.05. The summed E-state index contributed by atoms with van der Waals surface area (Å²) in [5, 5.41) is 10.3. The van der Waals surface area contributed by atoms with Crippen molar-refractivity contribution in [2.75, 3.05) is 6.54 Å². The molecular weight excluding hydrogens is 216 g/mol. The number of rotatable bonds is 4. The lowest BCUT2D eigenvalue weighted by Gasteiger charge is -2.21. The van der Waals surface area contributed by atoms with E-state index in [1.165, 1.54) is 0 Å². The highest BCUT2D eigenvalue weighted by molar-refractivity contribution is 5.26. The van der Waals surface area contributed by atoms with Crippen LogP contribution >= 0.6 is 0 Å². The molecule has 0 amide bonds. The van der Waals surface area contributed by atoms with Crippen LogP contribution < -0.4 is 5.73 Å². The van der Waals surface area contributed by atoms with Crippen molar-refractivity contribution < 1.29 is 9.52 Å². The minimum absolute atomic E-state index is 0.167. The molecule has 4 nitrogen and oxygen atoms in total. The fraction of sp³-hybridized carbons (Fsp3) is 0.308. The van der Waals surface area contributed by atoms with Gasteiger partial charge in [-0.25, -0.2) is 0 Å². The highest BCUT2D eigenvalue weighted by atomic mass is 16.3. The summed E-state index contributed by atoms with van der Waals surface area (Å²) in [6.45, 7) is 2.19. The third-order valence-corrected chi connectivity index (χ3v) is 2.97. The molecule has 0 saturated heterocycles. The van der Waals surface area contributed by atoms with Crippen LogP contribution in [0.3, 0.4) is 0 Å². The molecule has 0 spiro atoms. The van der Waals surface area contributed by atoms with Crippen LogP contribution in [0, 0.1) is 6.92 Å². The summed E-state index contributed by atoms with van der Waals surface area (Å²) < 4.78 is 5.20. The Bertz CT molecular complexity index is 467. The van der Waals surface area contributed by atoms with Crippen molar-refractivity contribution in [1.29, 1.82) is 0 Å². The topological polar surface area (TPSA) is 72.3 Å². The second-order valence-electron chi connectivity index (χ2n) is 4.01. The van der Waals surface area contributed by atoms with Gasteiger partial charge in [0.15, 0.2) is 0 Å². The van der Waals surface area contributed by atoms with E-state index < -0.39 is 6.10 Å². The normalized spacial score (nSPS) is 14.5. The summed E-state index contributed by atoms with van der Waals surface area (Å²) in [7, 11) is 0. The van der Waals surface area contributed by atoms with Crippen molar-refractivity contribution in [1.82, 2.24) is 4.98 Å². The maximum Gasteiger partial charge on any atom is 0.106 e. The highest BCUT2D eigenvalue weighted by Crippen LogP contribution is 2.31. The van der Waals surface area contributed by atoms with E-state index in [-0.39, 0.29) is 5.92 Å². The minimum atomic E-state index is -0.664. The lowest BCUT2D eigenvalue weighted by atomic mass is 9.90. The van der Waals surface area contributed by atoms with E-state index in [0.29, 0.717) is 6.54 Å². The third kappa shape index (κ3) is 2.38. The molecule has 0 bridgehead atoms. The first-order valence-electron chi connectivity index (χ1n) is 5.56. The van der Waals surface area contributed by atoms with Gasteiger partial charge in [0.1, 0.15) is 5.76 Å². The van der Waals surface area contributed by atoms with Gasteiger partial charge in [-0.15, -0.1) is 0 Å². The first-order chi connectivity index (χ1) is 8.24. The van der Waals surface area contributed by atoms with Crippen LogP contribution in [-0.2, 0) is 0 Å². The number of aryl methyl sites for hydroxylation is 1. The van der Waals surface area contributed by atoms with Gasteiger partial charge in [0.05, 0.1) is 12.4 Å². The Morgan fingerprint density at radius 1 is 1.47 bits per heavy atom. The largest absolute Gasteiger partial charge is 0.469 e. The summed E-state index contributed by atoms with van der Waals surface area (Å²) >= 11 is 0. The summed E-state index contributed by atoms with van der Waals surface area (Å²) in [5.41, 5.74) is 7.46. The van der Waals surface area contributed by atoms with E-state index in [0.717, 1.165) is 16.9 Å². The highest BCUT2D eigenvalue weighted by Gasteiger charge is 2.24. The van der Waals surface area contributed by atoms with Gasteiger partial charge < -0.3 is 15.3 Å². The fourth-order valence-corrected chi connectivity index (χ4v) is 1.96. The number of hydrogen-bond donors (Lipinski definition) is 2. The predicted octanol–water partition coefficient (Wildman–Crippen LogP) is 1.76. The number of nitrogens with two attached hydrogens (primary N) is 1. The lowest BCUT2D eigenvalue weighted by Crippen LogP contribution is -2.20. The van der Waals surface area contributed by atoms with Gasteiger partial charge in [-0.1, -0.05) is 6.07 Å². The molecule has 0 aromatic carbocycles. The summed E-state index contributed by atoms with van der Waals surface area (Å²) in [6, 6.07) is 5.54. The fourth-order valence-electron chi connectivity index (χ4n) is 1.96. The van der Waals surface area contributed by atoms with Gasteiger partial charge in [-0.2, -0.15) is 0 Å². The van der Waals surface area contributed by atoms with Crippen molar-refractivity contribution in [3.8, 4) is 0 Å². The van der Waals surface area contributed by atoms with Crippen molar-refractivity contribution in [2.45, 2.75) is 18.9 Å². The molecule has 0 fully saturated rings. The quantitative estimate of drug-likeness (QED) is 0.842. The number of nitrogens with zero attached hydrogens (tertiary/aromatic N) is 1. The van der Waals surface area contributed by atoms with E-state index in [1.54, 1.807) is 24.7 Å². The summed E-state index contributed by atoms with van der Waals surface area (Å²) in [5.74, 6) is 0.555. The second kappa shape index (κ2) is 5.12. The Labute approximate surface area is 100 Å². The SMILES string of the molecule is Cc1occc1C(O)C(CN)c1cccnc1. The standard InChI is InChI=1S/C13H16N2O2/c1-9-11(4-6-17-9)13(16)12(7-14)10-3-2-5-15-8-10/h2-6,8,12-13,16H,7,14H2,1H3. The first kappa shape index (κ1) is 11.8. The Morgan fingerprint density at radius 3 is 2.82 bits per heavy atom. The van der Waals surface area contributed by atoms with Gasteiger partial charge in [-0.3, -0.25) is 4.98 Å². The number of aromatic nitrogens is 1. The van der Waals surface area contributed by atoms with Gasteiger partial charge in [0.25, 0.3) is 0 Å². The molecule has 3 N–H and O–H groups in total. The average molecular weight is 232 g/mol. The third-order valence-electron chi connectivity index (χ3n) is 2.97. The zero-order chi connectivity index (χ0) is 12.3. The Hall–Kier alpha value is -1.65. The molecule has 0 aliphatic rings. The van der Waals surface area contributed by atoms with E-state index in [9.17, 15) is 5.11 Å². The number of pyridine rings is 1. The van der Waals surface area contributed by atoms with Crippen LogP contribution in [-0.4, -0.2) is 16.6 Å². The number of aliphatic hydroxyl groups is 1. The molecular formula is C13H16N2O2. The Kier molecular flexibility index (Phi) is 3.56. The zero-order valence-electron chi connectivity index (χ0n) is 9.71. The van der Waals surface area contributed by atoms with E-state index in [4.69, 9.17) is 10.2 Å².